The van der Waals surface area contributed by atoms with Gasteiger partial charge in [-0.3, -0.25) is 0 Å². The van der Waals surface area contributed by atoms with Crippen LogP contribution in [-0.4, -0.2) is 6.54 Å². The Morgan fingerprint density at radius 3 is 2.36 bits per heavy atom. The van der Waals surface area contributed by atoms with Gasteiger partial charge in [-0.15, -0.1) is 0 Å². The number of rotatable bonds is 7. The zero-order valence-corrected chi connectivity index (χ0v) is 8.78. The van der Waals surface area contributed by atoms with E-state index < -0.39 is 0 Å². The predicted octanol–water partition coefficient (Wildman–Crippen LogP) is 3.15. The van der Waals surface area contributed by atoms with Crippen molar-refractivity contribution >= 4 is 0 Å². The molecule has 0 aliphatic rings. The average molecular weight is 190 g/mol. The third-order valence-electron chi connectivity index (χ3n) is 2.34. The van der Waals surface area contributed by atoms with Crippen LogP contribution in [0.15, 0.2) is 30.3 Å². The minimum Gasteiger partial charge on any atom is -0.330 e. The normalized spacial score (nSPS) is 10.4. The number of nitrogens with two attached hydrogens (primary N) is 1. The minimum atomic E-state index is 0.836. The van der Waals surface area contributed by atoms with Crippen molar-refractivity contribution in [1.82, 2.24) is 0 Å². The van der Waals surface area contributed by atoms with Gasteiger partial charge >= 0.3 is 0 Å². The van der Waals surface area contributed by atoms with E-state index in [4.69, 9.17) is 5.73 Å². The van der Waals surface area contributed by atoms with Crippen molar-refractivity contribution in [3.63, 3.8) is 0 Å². The summed E-state index contributed by atoms with van der Waals surface area (Å²) in [5, 5.41) is 0. The Balaban J connectivity index is 1.99. The van der Waals surface area contributed by atoms with E-state index in [1.807, 2.05) is 0 Å². The van der Waals surface area contributed by atoms with E-state index in [-0.39, 0.29) is 0 Å². The molecule has 1 nitrogen and oxygen atoms in total. The average Bonchev–Trinajstić information content (AvgIpc) is 2.25. The lowest BCUT2D eigenvalue weighted by atomic mass is 10.1. The smallest absolute Gasteiger partial charge is 0.00773 e. The molecule has 0 bridgehead atoms. The summed E-state index contributed by atoms with van der Waals surface area (Å²) in [6.07, 6.45) is 8.54. The van der Waals surface area contributed by atoms with Gasteiger partial charge < -0.3 is 5.73 Å². The predicted molar refractivity (Wildman–Crippen MR) is 62.0 cm³/mol. The van der Waals surface area contributed by atoms with Gasteiger partial charge in [0.15, 0.2) is 0 Å². The maximum Gasteiger partial charge on any atom is -0.00773 e. The standard InChI is InChI=1S/C13H20N/c14-12-8-3-1-2-5-9-13-10-6-4-7-11-13/h4,6-7,9-11H,1-3,5,8,12,14H2. The Labute approximate surface area is 87.3 Å². The summed E-state index contributed by atoms with van der Waals surface area (Å²) in [7, 11) is 0. The van der Waals surface area contributed by atoms with Crippen LogP contribution in [0.2, 0.25) is 0 Å². The van der Waals surface area contributed by atoms with Crippen LogP contribution >= 0.6 is 0 Å². The molecule has 1 aromatic carbocycles. The maximum atomic E-state index is 5.43. The van der Waals surface area contributed by atoms with Crippen LogP contribution < -0.4 is 5.73 Å². The molecule has 0 aliphatic carbocycles. The second-order valence-electron chi connectivity index (χ2n) is 3.61. The van der Waals surface area contributed by atoms with Crippen molar-refractivity contribution < 1.29 is 0 Å². The van der Waals surface area contributed by atoms with Gasteiger partial charge in [0.1, 0.15) is 0 Å². The lowest BCUT2D eigenvalue weighted by Crippen LogP contribution is -1.97. The third kappa shape index (κ3) is 5.03. The van der Waals surface area contributed by atoms with Gasteiger partial charge in [-0.25, -0.2) is 0 Å². The summed E-state index contributed by atoms with van der Waals surface area (Å²) in [5.74, 6) is 0. The zero-order valence-electron chi connectivity index (χ0n) is 8.78. The van der Waals surface area contributed by atoms with Crippen LogP contribution in [0.3, 0.4) is 0 Å². The SMILES string of the molecule is NCCCCCC[CH]c1ccccc1. The van der Waals surface area contributed by atoms with E-state index in [1.165, 1.54) is 37.7 Å². The van der Waals surface area contributed by atoms with Crippen molar-refractivity contribution in [3.8, 4) is 0 Å². The summed E-state index contributed by atoms with van der Waals surface area (Å²) in [6, 6.07) is 10.5. The molecule has 0 aliphatic heterocycles. The molecule has 14 heavy (non-hydrogen) atoms. The highest BCUT2D eigenvalue weighted by molar-refractivity contribution is 5.21. The molecule has 0 saturated heterocycles. The molecule has 77 valence electrons. The zero-order chi connectivity index (χ0) is 10.1. The highest BCUT2D eigenvalue weighted by atomic mass is 14.5. The summed E-state index contributed by atoms with van der Waals surface area (Å²) in [5.41, 5.74) is 6.77. The Morgan fingerprint density at radius 1 is 0.929 bits per heavy atom. The lowest BCUT2D eigenvalue weighted by Gasteiger charge is -2.00. The molecule has 1 radical (unpaired) electrons. The quantitative estimate of drug-likeness (QED) is 0.657. The molecule has 0 atom stereocenters. The summed E-state index contributed by atoms with van der Waals surface area (Å²) in [4.78, 5) is 0. The topological polar surface area (TPSA) is 26.0 Å². The van der Waals surface area contributed by atoms with E-state index in [0.717, 1.165) is 6.54 Å². The number of benzene rings is 1. The first kappa shape index (κ1) is 11.3. The molecular formula is C13H20N. The van der Waals surface area contributed by atoms with Crippen LogP contribution in [0.5, 0.6) is 0 Å². The molecule has 1 rings (SSSR count). The molecule has 0 amide bonds. The van der Waals surface area contributed by atoms with Crippen molar-refractivity contribution in [2.24, 2.45) is 5.73 Å². The first-order valence-electron chi connectivity index (χ1n) is 5.52. The van der Waals surface area contributed by atoms with Gasteiger partial charge in [-0.05, 0) is 31.4 Å². The fourth-order valence-corrected chi connectivity index (χ4v) is 1.50. The van der Waals surface area contributed by atoms with Gasteiger partial charge in [0.05, 0.1) is 0 Å². The first-order chi connectivity index (χ1) is 6.93. The van der Waals surface area contributed by atoms with Crippen LogP contribution in [0, 0.1) is 6.42 Å². The molecule has 0 heterocycles. The van der Waals surface area contributed by atoms with Gasteiger partial charge in [0.25, 0.3) is 0 Å². The summed E-state index contributed by atoms with van der Waals surface area (Å²) >= 11 is 0. The number of unbranched alkanes of at least 4 members (excludes halogenated alkanes) is 4. The Kier molecular flexibility index (Phi) is 6.09. The second kappa shape index (κ2) is 7.57. The number of hydrogen-bond acceptors (Lipinski definition) is 1. The van der Waals surface area contributed by atoms with Crippen LogP contribution in [0.1, 0.15) is 37.7 Å². The van der Waals surface area contributed by atoms with Crippen molar-refractivity contribution in [2.45, 2.75) is 32.1 Å². The molecule has 0 saturated carbocycles. The van der Waals surface area contributed by atoms with Crippen molar-refractivity contribution in [1.29, 1.82) is 0 Å². The van der Waals surface area contributed by atoms with Gasteiger partial charge in [-0.2, -0.15) is 0 Å². The summed E-state index contributed by atoms with van der Waals surface area (Å²) in [6.45, 7) is 0.836. The van der Waals surface area contributed by atoms with Crippen LogP contribution in [0.4, 0.5) is 0 Å². The molecule has 0 spiro atoms. The van der Waals surface area contributed by atoms with E-state index in [1.54, 1.807) is 0 Å². The molecule has 1 heteroatoms. The van der Waals surface area contributed by atoms with E-state index in [9.17, 15) is 0 Å². The van der Waals surface area contributed by atoms with E-state index in [2.05, 4.69) is 36.8 Å². The highest BCUT2D eigenvalue weighted by Crippen LogP contribution is 2.09. The second-order valence-corrected chi connectivity index (χ2v) is 3.61. The van der Waals surface area contributed by atoms with Crippen molar-refractivity contribution in [3.05, 3.63) is 42.3 Å². The Bertz CT molecular complexity index is 218. The fraction of sp³-hybridized carbons (Fsp3) is 0.462. The monoisotopic (exact) mass is 190 g/mol. The van der Waals surface area contributed by atoms with Gasteiger partial charge in [-0.1, -0.05) is 49.6 Å². The molecule has 0 unspecified atom stereocenters. The molecule has 0 fully saturated rings. The highest BCUT2D eigenvalue weighted by Gasteiger charge is 1.92. The van der Waals surface area contributed by atoms with E-state index in [0.29, 0.717) is 0 Å². The van der Waals surface area contributed by atoms with Crippen LogP contribution in [-0.2, 0) is 0 Å². The van der Waals surface area contributed by atoms with Crippen molar-refractivity contribution in [2.75, 3.05) is 6.54 Å². The van der Waals surface area contributed by atoms with E-state index >= 15 is 0 Å². The third-order valence-corrected chi connectivity index (χ3v) is 2.34. The first-order valence-corrected chi connectivity index (χ1v) is 5.52. The lowest BCUT2D eigenvalue weighted by molar-refractivity contribution is 0.645. The van der Waals surface area contributed by atoms with Gasteiger partial charge in [0.2, 0.25) is 0 Å². The maximum absolute atomic E-state index is 5.43. The Morgan fingerprint density at radius 2 is 1.64 bits per heavy atom. The molecule has 1 aromatic rings. The van der Waals surface area contributed by atoms with Gasteiger partial charge in [0, 0.05) is 0 Å². The molecule has 2 N–H and O–H groups in total. The fourth-order valence-electron chi connectivity index (χ4n) is 1.50. The number of hydrogen-bond donors (Lipinski definition) is 1. The molecular weight excluding hydrogens is 170 g/mol. The minimum absolute atomic E-state index is 0.836. The molecule has 0 aromatic heterocycles. The summed E-state index contributed by atoms with van der Waals surface area (Å²) < 4.78 is 0. The van der Waals surface area contributed by atoms with Crippen LogP contribution in [0.25, 0.3) is 0 Å². The Hall–Kier alpha value is -0.820. The largest absolute Gasteiger partial charge is 0.330 e.